The average molecular weight is 283 g/mol. The SMILES string of the molecule is O=C1Nc2c(C(F)(F)F)cccc2C1(O)n1ccnc1. The number of hydrogen-bond donors (Lipinski definition) is 2. The summed E-state index contributed by atoms with van der Waals surface area (Å²) >= 11 is 0. The smallest absolute Gasteiger partial charge is 0.359 e. The molecular weight excluding hydrogens is 275 g/mol. The van der Waals surface area contributed by atoms with Crippen LogP contribution in [0.3, 0.4) is 0 Å². The van der Waals surface area contributed by atoms with E-state index >= 15 is 0 Å². The van der Waals surface area contributed by atoms with Crippen LogP contribution in [0.4, 0.5) is 18.9 Å². The average Bonchev–Trinajstić information content (AvgIpc) is 2.97. The van der Waals surface area contributed by atoms with Crippen molar-refractivity contribution in [3.05, 3.63) is 48.0 Å². The van der Waals surface area contributed by atoms with Crippen LogP contribution in [0.25, 0.3) is 0 Å². The van der Waals surface area contributed by atoms with Gasteiger partial charge >= 0.3 is 6.18 Å². The number of aromatic nitrogens is 2. The second-order valence-corrected chi connectivity index (χ2v) is 4.32. The molecule has 0 saturated heterocycles. The standard InChI is InChI=1S/C12H8F3N3O2/c13-12(14,15)8-3-1-2-7-9(8)17-10(19)11(7,20)18-5-4-16-6-18/h1-6,20H,(H,17,19). The lowest BCUT2D eigenvalue weighted by molar-refractivity contribution is -0.137. The van der Waals surface area contributed by atoms with E-state index in [0.717, 1.165) is 23.0 Å². The molecule has 2 N–H and O–H groups in total. The van der Waals surface area contributed by atoms with Crippen molar-refractivity contribution < 1.29 is 23.1 Å². The fraction of sp³-hybridized carbons (Fsp3) is 0.167. The zero-order valence-electron chi connectivity index (χ0n) is 9.85. The number of imidazole rings is 1. The molecule has 1 aliphatic rings. The number of para-hydroxylation sites is 1. The highest BCUT2D eigenvalue weighted by atomic mass is 19.4. The first kappa shape index (κ1) is 12.7. The zero-order chi connectivity index (χ0) is 14.5. The van der Waals surface area contributed by atoms with Gasteiger partial charge in [0.25, 0.3) is 11.6 Å². The minimum absolute atomic E-state index is 0.157. The largest absolute Gasteiger partial charge is 0.418 e. The summed E-state index contributed by atoms with van der Waals surface area (Å²) in [5, 5.41) is 12.6. The molecule has 104 valence electrons. The molecule has 5 nitrogen and oxygen atoms in total. The number of nitrogens with zero attached hydrogens (tertiary/aromatic N) is 2. The normalized spacial score (nSPS) is 21.7. The van der Waals surface area contributed by atoms with E-state index in [2.05, 4.69) is 10.3 Å². The molecule has 1 amide bonds. The molecule has 0 bridgehead atoms. The molecule has 8 heteroatoms. The highest BCUT2D eigenvalue weighted by molar-refractivity contribution is 6.05. The number of anilines is 1. The molecule has 1 aliphatic heterocycles. The Hall–Kier alpha value is -2.35. The Bertz CT molecular complexity index is 682. The maximum Gasteiger partial charge on any atom is 0.418 e. The molecule has 2 aromatic rings. The van der Waals surface area contributed by atoms with Crippen molar-refractivity contribution in [1.29, 1.82) is 0 Å². The van der Waals surface area contributed by atoms with Crippen molar-refractivity contribution in [2.45, 2.75) is 11.9 Å². The minimum Gasteiger partial charge on any atom is -0.359 e. The summed E-state index contributed by atoms with van der Waals surface area (Å²) in [6.45, 7) is 0. The Morgan fingerprint density at radius 2 is 2.10 bits per heavy atom. The molecule has 2 heterocycles. The van der Waals surface area contributed by atoms with E-state index in [4.69, 9.17) is 0 Å². The van der Waals surface area contributed by atoms with Gasteiger partial charge < -0.3 is 10.4 Å². The van der Waals surface area contributed by atoms with Gasteiger partial charge in [-0.1, -0.05) is 12.1 Å². The summed E-state index contributed by atoms with van der Waals surface area (Å²) < 4.78 is 39.8. The Balaban J connectivity index is 2.25. The molecule has 0 fully saturated rings. The van der Waals surface area contributed by atoms with Crippen LogP contribution in [0, 0.1) is 0 Å². The number of fused-ring (bicyclic) bond motifs is 1. The van der Waals surface area contributed by atoms with Crippen LogP contribution in [0.15, 0.2) is 36.9 Å². The molecule has 3 rings (SSSR count). The Morgan fingerprint density at radius 3 is 2.70 bits per heavy atom. The third kappa shape index (κ3) is 1.54. The number of carbonyl (C=O) groups excluding carboxylic acids is 1. The number of amides is 1. The van der Waals surface area contributed by atoms with Gasteiger partial charge in [0.05, 0.1) is 17.6 Å². The number of halogens is 3. The summed E-state index contributed by atoms with van der Waals surface area (Å²) in [5.74, 6) is -0.956. The van der Waals surface area contributed by atoms with Crippen molar-refractivity contribution in [2.75, 3.05) is 5.32 Å². The van der Waals surface area contributed by atoms with Crippen molar-refractivity contribution >= 4 is 11.6 Å². The third-order valence-electron chi connectivity index (χ3n) is 3.18. The van der Waals surface area contributed by atoms with Gasteiger partial charge in [0.1, 0.15) is 0 Å². The lowest BCUT2D eigenvalue weighted by Crippen LogP contribution is -2.40. The molecule has 20 heavy (non-hydrogen) atoms. The van der Waals surface area contributed by atoms with Gasteiger partial charge in [-0.15, -0.1) is 0 Å². The molecule has 0 aliphatic carbocycles. The molecule has 1 aromatic heterocycles. The van der Waals surface area contributed by atoms with Crippen LogP contribution in [-0.4, -0.2) is 20.6 Å². The summed E-state index contributed by atoms with van der Waals surface area (Å²) in [4.78, 5) is 15.6. The fourth-order valence-electron chi connectivity index (χ4n) is 2.24. The fourth-order valence-corrected chi connectivity index (χ4v) is 2.24. The van der Waals surface area contributed by atoms with Gasteiger partial charge in [0, 0.05) is 18.0 Å². The number of nitrogens with one attached hydrogen (secondary N) is 1. The van der Waals surface area contributed by atoms with E-state index in [0.29, 0.717) is 0 Å². The van der Waals surface area contributed by atoms with Crippen LogP contribution in [0.2, 0.25) is 0 Å². The quantitative estimate of drug-likeness (QED) is 0.834. The van der Waals surface area contributed by atoms with Gasteiger partial charge in [0.15, 0.2) is 0 Å². The monoisotopic (exact) mass is 283 g/mol. The van der Waals surface area contributed by atoms with Gasteiger partial charge in [-0.3, -0.25) is 9.36 Å². The zero-order valence-corrected chi connectivity index (χ0v) is 9.85. The Kier molecular flexibility index (Phi) is 2.42. The van der Waals surface area contributed by atoms with E-state index in [9.17, 15) is 23.1 Å². The van der Waals surface area contributed by atoms with Crippen LogP contribution < -0.4 is 5.32 Å². The highest BCUT2D eigenvalue weighted by Gasteiger charge is 2.50. The second kappa shape index (κ2) is 3.83. The van der Waals surface area contributed by atoms with Gasteiger partial charge in [-0.25, -0.2) is 4.98 Å². The van der Waals surface area contributed by atoms with E-state index in [1.165, 1.54) is 18.5 Å². The maximum absolute atomic E-state index is 12.9. The number of benzene rings is 1. The minimum atomic E-state index is -4.63. The summed E-state index contributed by atoms with van der Waals surface area (Å²) in [7, 11) is 0. The van der Waals surface area contributed by atoms with Crippen LogP contribution in [-0.2, 0) is 16.7 Å². The van der Waals surface area contributed by atoms with Crippen LogP contribution >= 0.6 is 0 Å². The summed E-state index contributed by atoms with van der Waals surface area (Å²) in [5.41, 5.74) is -3.82. The molecule has 1 unspecified atom stereocenters. The molecular formula is C12H8F3N3O2. The second-order valence-electron chi connectivity index (χ2n) is 4.32. The number of hydrogen-bond acceptors (Lipinski definition) is 3. The third-order valence-corrected chi connectivity index (χ3v) is 3.18. The van der Waals surface area contributed by atoms with Crippen LogP contribution in [0.5, 0.6) is 0 Å². The molecule has 0 radical (unpaired) electrons. The maximum atomic E-state index is 12.9. The first-order chi connectivity index (χ1) is 9.35. The van der Waals surface area contributed by atoms with Crippen LogP contribution in [0.1, 0.15) is 11.1 Å². The van der Waals surface area contributed by atoms with Crippen molar-refractivity contribution in [3.63, 3.8) is 0 Å². The van der Waals surface area contributed by atoms with Gasteiger partial charge in [-0.2, -0.15) is 13.2 Å². The summed E-state index contributed by atoms with van der Waals surface area (Å²) in [6, 6.07) is 3.26. The van der Waals surface area contributed by atoms with Crippen molar-refractivity contribution in [2.24, 2.45) is 0 Å². The van der Waals surface area contributed by atoms with Gasteiger partial charge in [-0.05, 0) is 6.07 Å². The topological polar surface area (TPSA) is 67.2 Å². The lowest BCUT2D eigenvalue weighted by atomic mass is 10.0. The molecule has 0 spiro atoms. The first-order valence-corrected chi connectivity index (χ1v) is 5.58. The number of aliphatic hydroxyl groups is 1. The van der Waals surface area contributed by atoms with E-state index in [1.807, 2.05) is 0 Å². The number of rotatable bonds is 1. The predicted octanol–water partition coefficient (Wildman–Crippen LogP) is 1.55. The number of alkyl halides is 3. The highest BCUT2D eigenvalue weighted by Crippen LogP contribution is 2.44. The van der Waals surface area contributed by atoms with E-state index in [-0.39, 0.29) is 5.56 Å². The molecule has 0 saturated carbocycles. The van der Waals surface area contributed by atoms with Crippen molar-refractivity contribution in [1.82, 2.24) is 9.55 Å². The first-order valence-electron chi connectivity index (χ1n) is 5.58. The number of carbonyl (C=O) groups is 1. The van der Waals surface area contributed by atoms with E-state index < -0.39 is 29.1 Å². The lowest BCUT2D eigenvalue weighted by Gasteiger charge is -2.22. The Labute approximate surface area is 110 Å². The molecule has 1 atom stereocenters. The van der Waals surface area contributed by atoms with E-state index in [1.54, 1.807) is 0 Å². The van der Waals surface area contributed by atoms with Crippen molar-refractivity contribution in [3.8, 4) is 0 Å². The predicted molar refractivity (Wildman–Crippen MR) is 61.6 cm³/mol. The summed E-state index contributed by atoms with van der Waals surface area (Å²) in [6.07, 6.45) is -0.848. The van der Waals surface area contributed by atoms with Gasteiger partial charge in [0.2, 0.25) is 0 Å². The Morgan fingerprint density at radius 1 is 1.35 bits per heavy atom. The molecule has 1 aromatic carbocycles.